The normalized spacial score (nSPS) is 11.7. The highest BCUT2D eigenvalue weighted by atomic mass is 16.5. The molecule has 1 amide bonds. The molecule has 0 aliphatic carbocycles. The van der Waals surface area contributed by atoms with Crippen molar-refractivity contribution >= 4 is 96.3 Å². The van der Waals surface area contributed by atoms with Crippen LogP contribution in [0.25, 0.3) is 67.0 Å². The number of hydrogen-bond donors (Lipinski definition) is 7. The van der Waals surface area contributed by atoms with Gasteiger partial charge in [-0.1, -0.05) is 83.1 Å². The molecule has 7 aromatic carbocycles. The fraction of sp³-hybridized carbons (Fsp3) is 0.250. The molecular formula is C68H73N11O7. The summed E-state index contributed by atoms with van der Waals surface area (Å²) in [5.74, 6) is 1.72. The Morgan fingerprint density at radius 2 is 0.802 bits per heavy atom. The predicted molar refractivity (Wildman–Crippen MR) is 342 cm³/mol. The molecule has 11 rings (SSSR count). The van der Waals surface area contributed by atoms with Crippen LogP contribution in [0.15, 0.2) is 150 Å². The summed E-state index contributed by atoms with van der Waals surface area (Å²) < 4.78 is 10.8. The van der Waals surface area contributed by atoms with Crippen LogP contribution in [0.1, 0.15) is 135 Å². The summed E-state index contributed by atoms with van der Waals surface area (Å²) in [6, 6.07) is 43.6. The molecule has 18 nitrogen and oxygen atoms in total. The molecule has 0 radical (unpaired) electrons. The fourth-order valence-corrected chi connectivity index (χ4v) is 8.73. The number of carbonyl (C=O) groups is 5. The number of Topliss-reactive ketones (excluding diaryl/α,β-unsaturated/α-hetero) is 4. The van der Waals surface area contributed by atoms with Crippen LogP contribution < -0.4 is 27.3 Å². The van der Waals surface area contributed by atoms with Gasteiger partial charge in [0.05, 0.1) is 40.2 Å². The number of aromatic amines is 3. The fourth-order valence-electron chi connectivity index (χ4n) is 8.73. The number of oxazole rings is 1. The van der Waals surface area contributed by atoms with Crippen LogP contribution in [0.3, 0.4) is 0 Å². The molecule has 10 N–H and O–H groups in total. The van der Waals surface area contributed by atoms with Crippen LogP contribution in [0.2, 0.25) is 0 Å². The van der Waals surface area contributed by atoms with Crippen LogP contribution in [0.4, 0.5) is 23.0 Å². The van der Waals surface area contributed by atoms with Gasteiger partial charge in [-0.2, -0.15) is 4.98 Å². The zero-order chi connectivity index (χ0) is 62.6. The molecule has 4 heterocycles. The maximum Gasteiger partial charge on any atom is 0.294 e. The SMILES string of the molecule is CC(C)(C)C(=O)c1ccc2nc(-c3ccc(N)cc3)[nH]c2c1.CC(C)(C)C(=O)c1ccc2nc(NC(=O)c3ccc(N)cc3)[nH]c2c1.CC(C)(C)C(=O)c1ccc2oc(-c3ccc(N)cc3)nc2c1.COc1nc2ccc(C(=O)C(C)(C)C)cc2[nH]1. The molecule has 0 saturated heterocycles. The van der Waals surface area contributed by atoms with Crippen molar-refractivity contribution < 1.29 is 33.1 Å². The summed E-state index contributed by atoms with van der Waals surface area (Å²) in [5, 5.41) is 2.71. The standard InChI is InChI=1S/C19H20N4O2.C18H19N3O.C18H18N2O2.C13H16N2O2/c1-19(2,3)16(24)12-6-9-14-15(10-12)22-18(21-14)23-17(25)11-4-7-13(20)8-5-11;1-18(2,3)16(22)12-6-9-14-15(10-12)21-17(20-14)11-4-7-13(19)8-5-11;1-18(2,3)16(21)12-6-9-15-14(10-12)20-17(22-15)11-4-7-13(19)8-5-11;1-13(2,3)11(16)8-5-6-9-10(7-8)15-12(14-9)17-4/h4-10H,20H2,1-3H3,(H2,21,22,23,25);4-10H,19H2,1-3H3,(H,20,21);4-10H,19H2,1-3H3;5-7H,1-4H3,(H,14,15). The van der Waals surface area contributed by atoms with Crippen molar-refractivity contribution in [3.05, 3.63) is 173 Å². The van der Waals surface area contributed by atoms with Gasteiger partial charge in [0.25, 0.3) is 11.9 Å². The van der Waals surface area contributed by atoms with E-state index < -0.39 is 16.2 Å². The minimum atomic E-state index is -0.458. The predicted octanol–water partition coefficient (Wildman–Crippen LogP) is 14.8. The van der Waals surface area contributed by atoms with Crippen LogP contribution in [0.5, 0.6) is 6.01 Å². The number of amides is 1. The molecule has 0 spiro atoms. The molecule has 4 aromatic heterocycles. The van der Waals surface area contributed by atoms with E-state index in [1.54, 1.807) is 86.0 Å². The third-order valence-corrected chi connectivity index (χ3v) is 13.5. The van der Waals surface area contributed by atoms with Gasteiger partial charge in [0.2, 0.25) is 11.8 Å². The largest absolute Gasteiger partial charge is 0.468 e. The van der Waals surface area contributed by atoms with Gasteiger partial charge in [-0.05, 0) is 146 Å². The second-order valence-electron chi connectivity index (χ2n) is 25.0. The first-order valence-electron chi connectivity index (χ1n) is 27.9. The number of nitrogens with zero attached hydrogens (tertiary/aromatic N) is 4. The summed E-state index contributed by atoms with van der Waals surface area (Å²) in [4.78, 5) is 88.4. The number of methoxy groups -OCH3 is 1. The number of anilines is 4. The minimum absolute atomic E-state index is 0.0523. The van der Waals surface area contributed by atoms with E-state index >= 15 is 0 Å². The van der Waals surface area contributed by atoms with Crippen molar-refractivity contribution in [2.24, 2.45) is 21.7 Å². The van der Waals surface area contributed by atoms with Gasteiger partial charge >= 0.3 is 0 Å². The monoisotopic (exact) mass is 1160 g/mol. The Labute approximate surface area is 498 Å². The van der Waals surface area contributed by atoms with E-state index in [1.807, 2.05) is 150 Å². The lowest BCUT2D eigenvalue weighted by Crippen LogP contribution is -2.20. The van der Waals surface area contributed by atoms with E-state index in [2.05, 4.69) is 40.2 Å². The smallest absolute Gasteiger partial charge is 0.294 e. The van der Waals surface area contributed by atoms with Gasteiger partial charge in [0.15, 0.2) is 28.7 Å². The van der Waals surface area contributed by atoms with Crippen molar-refractivity contribution in [2.45, 2.75) is 83.1 Å². The van der Waals surface area contributed by atoms with Crippen LogP contribution in [-0.2, 0) is 0 Å². The molecule has 0 aliphatic heterocycles. The number of H-pyrrole nitrogens is 3. The second kappa shape index (κ2) is 24.5. The lowest BCUT2D eigenvalue weighted by atomic mass is 9.86. The molecule has 0 bridgehead atoms. The topological polar surface area (TPSA) is 297 Å². The first kappa shape index (κ1) is 61.8. The highest BCUT2D eigenvalue weighted by Crippen LogP contribution is 2.31. The third-order valence-electron chi connectivity index (χ3n) is 13.5. The Balaban J connectivity index is 0.000000150. The Kier molecular flexibility index (Phi) is 17.6. The van der Waals surface area contributed by atoms with Gasteiger partial charge in [-0.15, -0.1) is 0 Å². The Bertz CT molecular complexity index is 4150. The molecule has 0 saturated carbocycles. The first-order valence-corrected chi connectivity index (χ1v) is 27.9. The maximum atomic E-state index is 12.4. The van der Waals surface area contributed by atoms with Crippen LogP contribution in [-0.4, -0.2) is 71.0 Å². The van der Waals surface area contributed by atoms with Gasteiger partial charge in [-0.3, -0.25) is 29.3 Å². The number of rotatable bonds is 9. The van der Waals surface area contributed by atoms with E-state index in [4.69, 9.17) is 26.4 Å². The number of hydrogen-bond acceptors (Lipinski definition) is 14. The highest BCUT2D eigenvalue weighted by molar-refractivity contribution is 6.06. The highest BCUT2D eigenvalue weighted by Gasteiger charge is 2.27. The van der Waals surface area contributed by atoms with E-state index in [0.717, 1.165) is 44.7 Å². The summed E-state index contributed by atoms with van der Waals surface area (Å²) >= 11 is 0. The van der Waals surface area contributed by atoms with Gasteiger partial charge in [0, 0.05) is 77.7 Å². The number of ketones is 4. The van der Waals surface area contributed by atoms with Crippen molar-refractivity contribution in [1.29, 1.82) is 0 Å². The summed E-state index contributed by atoms with van der Waals surface area (Å²) in [5.41, 5.74) is 28.4. The molecule has 86 heavy (non-hydrogen) atoms. The zero-order valence-electron chi connectivity index (χ0n) is 50.7. The van der Waals surface area contributed by atoms with Crippen LogP contribution in [0, 0.1) is 21.7 Å². The first-order chi connectivity index (χ1) is 40.3. The molecular weight excluding hydrogens is 1080 g/mol. The third kappa shape index (κ3) is 14.9. The number of carbonyl (C=O) groups excluding carboxylic acids is 5. The van der Waals surface area contributed by atoms with Crippen molar-refractivity contribution in [3.8, 4) is 28.9 Å². The summed E-state index contributed by atoms with van der Waals surface area (Å²) in [7, 11) is 1.55. The van der Waals surface area contributed by atoms with Gasteiger partial charge in [-0.25, -0.2) is 15.0 Å². The molecule has 11 aromatic rings. The van der Waals surface area contributed by atoms with E-state index in [-0.39, 0.29) is 34.5 Å². The quantitative estimate of drug-likeness (QED) is 0.0522. The Morgan fingerprint density at radius 1 is 0.419 bits per heavy atom. The zero-order valence-corrected chi connectivity index (χ0v) is 50.7. The van der Waals surface area contributed by atoms with Crippen LogP contribution >= 0.6 is 0 Å². The average molecular weight is 1160 g/mol. The number of imidazole rings is 3. The number of ether oxygens (including phenoxy) is 1. The molecule has 0 aliphatic rings. The lowest BCUT2D eigenvalue weighted by molar-refractivity contribution is 0.0852. The van der Waals surface area contributed by atoms with Crippen molar-refractivity contribution in [3.63, 3.8) is 0 Å². The molecule has 442 valence electrons. The second-order valence-corrected chi connectivity index (χ2v) is 25.0. The number of benzene rings is 7. The molecule has 0 atom stereocenters. The lowest BCUT2D eigenvalue weighted by Gasteiger charge is -2.16. The van der Waals surface area contributed by atoms with Gasteiger partial charge in [0.1, 0.15) is 11.3 Å². The molecule has 0 unspecified atom stereocenters. The van der Waals surface area contributed by atoms with E-state index in [0.29, 0.717) is 79.2 Å². The number of nitrogen functional groups attached to an aromatic ring is 3. The van der Waals surface area contributed by atoms with Crippen molar-refractivity contribution in [2.75, 3.05) is 29.6 Å². The average Bonchev–Trinajstić information content (AvgIpc) is 3.82. The summed E-state index contributed by atoms with van der Waals surface area (Å²) in [6.45, 7) is 22.9. The van der Waals surface area contributed by atoms with Gasteiger partial charge < -0.3 is 41.3 Å². The minimum Gasteiger partial charge on any atom is -0.468 e. The Hall–Kier alpha value is -10.2. The van der Waals surface area contributed by atoms with Crippen molar-refractivity contribution in [1.82, 2.24) is 34.9 Å². The molecule has 18 heteroatoms. The maximum absolute atomic E-state index is 12.4. The molecule has 0 fully saturated rings. The Morgan fingerprint density at radius 3 is 1.27 bits per heavy atom. The number of aromatic nitrogens is 7. The van der Waals surface area contributed by atoms with E-state index in [9.17, 15) is 24.0 Å². The van der Waals surface area contributed by atoms with E-state index in [1.165, 1.54) is 0 Å². The number of fused-ring (bicyclic) bond motifs is 4. The number of nitrogens with two attached hydrogens (primary N) is 3. The summed E-state index contributed by atoms with van der Waals surface area (Å²) in [6.07, 6.45) is 0. The number of nitrogens with one attached hydrogen (secondary N) is 4.